The van der Waals surface area contributed by atoms with Gasteiger partial charge in [0.25, 0.3) is 0 Å². The molecule has 2 N–H and O–H groups in total. The summed E-state index contributed by atoms with van der Waals surface area (Å²) >= 11 is 0. The molecule has 0 aliphatic heterocycles. The number of aliphatic carboxylic acids is 2. The van der Waals surface area contributed by atoms with Gasteiger partial charge in [0, 0.05) is 23.0 Å². The highest BCUT2D eigenvalue weighted by molar-refractivity contribution is 6.02. The molecule has 2 atom stereocenters. The highest BCUT2D eigenvalue weighted by atomic mass is 16.4. The van der Waals surface area contributed by atoms with E-state index in [4.69, 9.17) is 10.2 Å². The number of hydrogen-bond acceptors (Lipinski definition) is 4. The average Bonchev–Trinajstić information content (AvgIpc) is 2.44. The molecule has 0 fully saturated rings. The highest BCUT2D eigenvalue weighted by Gasteiger charge is 2.20. The van der Waals surface area contributed by atoms with Crippen molar-refractivity contribution in [2.75, 3.05) is 0 Å². The topological polar surface area (TPSA) is 109 Å². The van der Waals surface area contributed by atoms with Crippen LogP contribution in [0.1, 0.15) is 47.4 Å². The van der Waals surface area contributed by atoms with Crippen molar-refractivity contribution < 1.29 is 29.4 Å². The zero-order chi connectivity index (χ0) is 16.9. The van der Waals surface area contributed by atoms with Crippen LogP contribution in [0.5, 0.6) is 0 Å². The zero-order valence-corrected chi connectivity index (χ0v) is 12.4. The van der Waals surface area contributed by atoms with E-state index >= 15 is 0 Å². The molecule has 22 heavy (non-hydrogen) atoms. The van der Waals surface area contributed by atoms with Gasteiger partial charge in [0.05, 0.1) is 12.8 Å². The lowest BCUT2D eigenvalue weighted by molar-refractivity contribution is -0.138. The Morgan fingerprint density at radius 3 is 1.27 bits per heavy atom. The van der Waals surface area contributed by atoms with Crippen molar-refractivity contribution >= 4 is 23.5 Å². The second kappa shape index (κ2) is 7.49. The Hall–Kier alpha value is -2.50. The maximum atomic E-state index is 12.0. The van der Waals surface area contributed by atoms with Crippen molar-refractivity contribution in [1.82, 2.24) is 0 Å². The number of carbonyl (C=O) groups is 4. The van der Waals surface area contributed by atoms with Crippen LogP contribution in [-0.4, -0.2) is 33.7 Å². The number of ketones is 2. The number of carboxylic acids is 2. The summed E-state index contributed by atoms with van der Waals surface area (Å²) < 4.78 is 0. The van der Waals surface area contributed by atoms with Gasteiger partial charge in [-0.25, -0.2) is 0 Å². The molecule has 0 aliphatic carbocycles. The van der Waals surface area contributed by atoms with Crippen LogP contribution in [0.2, 0.25) is 0 Å². The quantitative estimate of drug-likeness (QED) is 0.713. The van der Waals surface area contributed by atoms with Gasteiger partial charge in [-0.1, -0.05) is 38.1 Å². The normalized spacial score (nSPS) is 13.2. The zero-order valence-electron chi connectivity index (χ0n) is 12.4. The second-order valence-electron chi connectivity index (χ2n) is 5.30. The van der Waals surface area contributed by atoms with Crippen LogP contribution in [0.25, 0.3) is 0 Å². The van der Waals surface area contributed by atoms with Crippen molar-refractivity contribution in [3.8, 4) is 0 Å². The van der Waals surface area contributed by atoms with E-state index in [-0.39, 0.29) is 24.4 Å². The minimum Gasteiger partial charge on any atom is -0.481 e. The first kappa shape index (κ1) is 17.6. The van der Waals surface area contributed by atoms with E-state index in [1.165, 1.54) is 38.1 Å². The Kier molecular flexibility index (Phi) is 5.98. The smallest absolute Gasteiger partial charge is 0.304 e. The summed E-state index contributed by atoms with van der Waals surface area (Å²) in [4.78, 5) is 45.2. The fourth-order valence-electron chi connectivity index (χ4n) is 2.08. The molecular weight excluding hydrogens is 288 g/mol. The SMILES string of the molecule is C[C@H](CC(=O)O)C(=O)c1ccc(C(=O)[C@@H](C)CC(=O)O)cc1. The van der Waals surface area contributed by atoms with E-state index in [9.17, 15) is 19.2 Å². The van der Waals surface area contributed by atoms with E-state index in [0.717, 1.165) is 0 Å². The summed E-state index contributed by atoms with van der Waals surface area (Å²) in [6.45, 7) is 3.06. The maximum Gasteiger partial charge on any atom is 0.304 e. The largest absolute Gasteiger partial charge is 0.481 e. The van der Waals surface area contributed by atoms with E-state index in [1.807, 2.05) is 0 Å². The molecule has 0 saturated carbocycles. The number of carboxylic acid groups (broad SMARTS) is 2. The van der Waals surface area contributed by atoms with Crippen LogP contribution in [-0.2, 0) is 9.59 Å². The number of benzene rings is 1. The number of Topliss-reactive ketones (excluding diaryl/α,β-unsaturated/α-hetero) is 2. The molecule has 6 nitrogen and oxygen atoms in total. The van der Waals surface area contributed by atoms with Crippen LogP contribution in [0.3, 0.4) is 0 Å². The summed E-state index contributed by atoms with van der Waals surface area (Å²) in [5.74, 6) is -4.00. The molecule has 0 bridgehead atoms. The lowest BCUT2D eigenvalue weighted by Gasteiger charge is -2.10. The predicted molar refractivity (Wildman–Crippen MR) is 77.9 cm³/mol. The minimum absolute atomic E-state index is 0.255. The van der Waals surface area contributed by atoms with E-state index in [2.05, 4.69) is 0 Å². The van der Waals surface area contributed by atoms with E-state index in [0.29, 0.717) is 11.1 Å². The molecule has 1 rings (SSSR count). The van der Waals surface area contributed by atoms with Crippen LogP contribution in [0.15, 0.2) is 24.3 Å². The Morgan fingerprint density at radius 2 is 1.05 bits per heavy atom. The standard InChI is InChI=1S/C16H18O6/c1-9(7-13(17)18)15(21)11-3-5-12(6-4-11)16(22)10(2)8-14(19)20/h3-6,9-10H,7-8H2,1-2H3,(H,17,18)(H,19,20)/t9-,10+. The number of carbonyl (C=O) groups excluding carboxylic acids is 2. The molecule has 0 heterocycles. The van der Waals surface area contributed by atoms with Crippen molar-refractivity contribution in [2.24, 2.45) is 11.8 Å². The highest BCUT2D eigenvalue weighted by Crippen LogP contribution is 2.16. The summed E-state index contributed by atoms with van der Waals surface area (Å²) in [6.07, 6.45) is -0.510. The molecule has 1 aromatic rings. The van der Waals surface area contributed by atoms with Crippen LogP contribution in [0, 0.1) is 11.8 Å². The Morgan fingerprint density at radius 1 is 0.773 bits per heavy atom. The molecule has 1 aromatic carbocycles. The average molecular weight is 306 g/mol. The van der Waals surface area contributed by atoms with Gasteiger partial charge in [0.15, 0.2) is 11.6 Å². The Balaban J connectivity index is 2.82. The monoisotopic (exact) mass is 306 g/mol. The first-order chi connectivity index (χ1) is 10.2. The molecule has 6 heteroatoms. The maximum absolute atomic E-state index is 12.0. The van der Waals surface area contributed by atoms with Gasteiger partial charge in [-0.2, -0.15) is 0 Å². The third-order valence-electron chi connectivity index (χ3n) is 3.31. The summed E-state index contributed by atoms with van der Waals surface area (Å²) in [7, 11) is 0. The third kappa shape index (κ3) is 4.80. The van der Waals surface area contributed by atoms with Gasteiger partial charge in [0.2, 0.25) is 0 Å². The first-order valence-electron chi connectivity index (χ1n) is 6.84. The van der Waals surface area contributed by atoms with Gasteiger partial charge in [0.1, 0.15) is 0 Å². The predicted octanol–water partition coefficient (Wildman–Crippen LogP) is 2.27. The molecule has 0 radical (unpaired) electrons. The van der Waals surface area contributed by atoms with Crippen LogP contribution in [0.4, 0.5) is 0 Å². The molecule has 0 amide bonds. The van der Waals surface area contributed by atoms with Crippen LogP contribution < -0.4 is 0 Å². The van der Waals surface area contributed by atoms with Gasteiger partial charge in [-0.05, 0) is 0 Å². The molecule has 0 aliphatic rings. The van der Waals surface area contributed by atoms with Crippen molar-refractivity contribution in [3.05, 3.63) is 35.4 Å². The third-order valence-corrected chi connectivity index (χ3v) is 3.31. The molecule has 0 spiro atoms. The first-order valence-corrected chi connectivity index (χ1v) is 6.84. The van der Waals surface area contributed by atoms with Gasteiger partial charge in [-0.3, -0.25) is 19.2 Å². The van der Waals surface area contributed by atoms with E-state index < -0.39 is 23.8 Å². The van der Waals surface area contributed by atoms with Crippen molar-refractivity contribution in [2.45, 2.75) is 26.7 Å². The molecular formula is C16H18O6. The van der Waals surface area contributed by atoms with Gasteiger partial charge >= 0.3 is 11.9 Å². The minimum atomic E-state index is -1.05. The second-order valence-corrected chi connectivity index (χ2v) is 5.30. The molecule has 118 valence electrons. The number of hydrogen-bond donors (Lipinski definition) is 2. The van der Waals surface area contributed by atoms with Crippen molar-refractivity contribution in [3.63, 3.8) is 0 Å². The Labute approximate surface area is 127 Å². The fourth-order valence-corrected chi connectivity index (χ4v) is 2.08. The summed E-state index contributed by atoms with van der Waals surface area (Å²) in [6, 6.07) is 5.84. The summed E-state index contributed by atoms with van der Waals surface area (Å²) in [5.41, 5.74) is 0.660. The van der Waals surface area contributed by atoms with Crippen LogP contribution >= 0.6 is 0 Å². The lowest BCUT2D eigenvalue weighted by atomic mass is 9.93. The van der Waals surface area contributed by atoms with Gasteiger partial charge in [-0.15, -0.1) is 0 Å². The molecule has 0 aromatic heterocycles. The Bertz CT molecular complexity index is 534. The van der Waals surface area contributed by atoms with Gasteiger partial charge < -0.3 is 10.2 Å². The van der Waals surface area contributed by atoms with E-state index in [1.54, 1.807) is 0 Å². The lowest BCUT2D eigenvalue weighted by Crippen LogP contribution is -2.17. The molecule has 0 saturated heterocycles. The molecule has 0 unspecified atom stereocenters. The fraction of sp³-hybridized carbons (Fsp3) is 0.375. The number of rotatable bonds is 8. The van der Waals surface area contributed by atoms with Crippen molar-refractivity contribution in [1.29, 1.82) is 0 Å². The summed E-state index contributed by atoms with van der Waals surface area (Å²) in [5, 5.41) is 17.4.